The van der Waals surface area contributed by atoms with E-state index >= 15 is 0 Å². The van der Waals surface area contributed by atoms with Gasteiger partial charge in [-0.3, -0.25) is 4.79 Å². The number of rotatable bonds is 5. The van der Waals surface area contributed by atoms with Crippen molar-refractivity contribution in [3.05, 3.63) is 89.5 Å². The molecule has 1 aliphatic heterocycles. The molecule has 0 radical (unpaired) electrons. The fourth-order valence-corrected chi connectivity index (χ4v) is 4.05. The Bertz CT molecular complexity index is 953. The van der Waals surface area contributed by atoms with Gasteiger partial charge in [-0.1, -0.05) is 42.5 Å². The van der Waals surface area contributed by atoms with Gasteiger partial charge in [-0.25, -0.2) is 0 Å². The minimum Gasteiger partial charge on any atom is -0.367 e. The Morgan fingerprint density at radius 1 is 1.00 bits per heavy atom. The highest BCUT2D eigenvalue weighted by Crippen LogP contribution is 2.29. The Labute approximate surface area is 164 Å². The van der Waals surface area contributed by atoms with Gasteiger partial charge in [0.15, 0.2) is 0 Å². The Balaban J connectivity index is 1.44. The van der Waals surface area contributed by atoms with Crippen LogP contribution in [0.1, 0.15) is 21.5 Å². The van der Waals surface area contributed by atoms with Crippen LogP contribution in [0.3, 0.4) is 0 Å². The Morgan fingerprint density at radius 3 is 2.56 bits per heavy atom. The Hall–Kier alpha value is -2.72. The standard InChI is InChI=1S/C23H22N2OS/c1-27-22-9-5-3-7-20(22)24-23(26)19-12-10-17(11-13-19)16-25-15-14-18-6-2-4-8-21(18)25/h2-13H,14-16H2,1H3,(H,24,26). The molecule has 1 amide bonds. The molecule has 1 heterocycles. The second kappa shape index (κ2) is 7.89. The maximum absolute atomic E-state index is 12.6. The lowest BCUT2D eigenvalue weighted by Crippen LogP contribution is -2.19. The molecule has 0 unspecified atom stereocenters. The van der Waals surface area contributed by atoms with Crippen molar-refractivity contribution in [1.82, 2.24) is 0 Å². The van der Waals surface area contributed by atoms with E-state index in [1.807, 2.05) is 42.7 Å². The number of carbonyl (C=O) groups is 1. The van der Waals surface area contributed by atoms with Gasteiger partial charge in [0.25, 0.3) is 5.91 Å². The second-order valence-corrected chi connectivity index (χ2v) is 7.50. The summed E-state index contributed by atoms with van der Waals surface area (Å²) in [5.74, 6) is -0.0745. The van der Waals surface area contributed by atoms with Gasteiger partial charge < -0.3 is 10.2 Å². The van der Waals surface area contributed by atoms with E-state index in [0.29, 0.717) is 5.56 Å². The number of benzene rings is 3. The van der Waals surface area contributed by atoms with Crippen molar-refractivity contribution in [3.63, 3.8) is 0 Å². The van der Waals surface area contributed by atoms with Crippen molar-refractivity contribution in [1.29, 1.82) is 0 Å². The van der Waals surface area contributed by atoms with Gasteiger partial charge in [0.1, 0.15) is 0 Å². The minimum atomic E-state index is -0.0745. The number of amides is 1. The number of nitrogens with one attached hydrogen (secondary N) is 1. The highest BCUT2D eigenvalue weighted by atomic mass is 32.2. The van der Waals surface area contributed by atoms with E-state index in [-0.39, 0.29) is 5.91 Å². The van der Waals surface area contributed by atoms with E-state index in [1.54, 1.807) is 11.8 Å². The van der Waals surface area contributed by atoms with Crippen LogP contribution in [0.5, 0.6) is 0 Å². The van der Waals surface area contributed by atoms with Crippen molar-refractivity contribution < 1.29 is 4.79 Å². The topological polar surface area (TPSA) is 32.3 Å². The van der Waals surface area contributed by atoms with E-state index in [4.69, 9.17) is 0 Å². The number of hydrogen-bond acceptors (Lipinski definition) is 3. The first-order valence-electron chi connectivity index (χ1n) is 9.11. The summed E-state index contributed by atoms with van der Waals surface area (Å²) < 4.78 is 0. The maximum atomic E-state index is 12.6. The molecule has 0 saturated heterocycles. The highest BCUT2D eigenvalue weighted by Gasteiger charge is 2.18. The molecule has 136 valence electrons. The molecule has 0 aromatic heterocycles. The van der Waals surface area contributed by atoms with Crippen LogP contribution in [0.4, 0.5) is 11.4 Å². The summed E-state index contributed by atoms with van der Waals surface area (Å²) in [4.78, 5) is 16.0. The average Bonchev–Trinajstić information content (AvgIpc) is 3.12. The summed E-state index contributed by atoms with van der Waals surface area (Å²) in [6.07, 6.45) is 3.11. The fourth-order valence-electron chi connectivity index (χ4n) is 3.50. The average molecular weight is 375 g/mol. The number of carbonyl (C=O) groups excluding carboxylic acids is 1. The summed E-state index contributed by atoms with van der Waals surface area (Å²) in [5, 5.41) is 3.01. The summed E-state index contributed by atoms with van der Waals surface area (Å²) in [7, 11) is 0. The quantitative estimate of drug-likeness (QED) is 0.621. The van der Waals surface area contributed by atoms with Gasteiger partial charge in [-0.05, 0) is 54.1 Å². The van der Waals surface area contributed by atoms with Gasteiger partial charge in [0.05, 0.1) is 5.69 Å². The highest BCUT2D eigenvalue weighted by molar-refractivity contribution is 7.98. The van der Waals surface area contributed by atoms with Gasteiger partial charge in [-0.2, -0.15) is 0 Å². The fraction of sp³-hybridized carbons (Fsp3) is 0.174. The third-order valence-corrected chi connectivity index (χ3v) is 5.72. The molecule has 3 aromatic rings. The zero-order chi connectivity index (χ0) is 18.6. The van der Waals surface area contributed by atoms with Gasteiger partial charge >= 0.3 is 0 Å². The van der Waals surface area contributed by atoms with E-state index in [0.717, 1.165) is 30.1 Å². The zero-order valence-corrected chi connectivity index (χ0v) is 16.1. The molecule has 1 N–H and O–H groups in total. The number of para-hydroxylation sites is 2. The normalized spacial score (nSPS) is 12.7. The predicted molar refractivity (Wildman–Crippen MR) is 114 cm³/mol. The van der Waals surface area contributed by atoms with Crippen molar-refractivity contribution in [3.8, 4) is 0 Å². The molecular formula is C23H22N2OS. The number of anilines is 2. The van der Waals surface area contributed by atoms with Crippen LogP contribution in [0.25, 0.3) is 0 Å². The van der Waals surface area contributed by atoms with E-state index in [2.05, 4.69) is 46.6 Å². The van der Waals surface area contributed by atoms with Crippen molar-refractivity contribution in [2.45, 2.75) is 17.9 Å². The summed E-state index contributed by atoms with van der Waals surface area (Å²) >= 11 is 1.63. The lowest BCUT2D eigenvalue weighted by molar-refractivity contribution is 0.102. The molecule has 0 bridgehead atoms. The molecule has 4 heteroatoms. The molecule has 0 aliphatic carbocycles. The SMILES string of the molecule is CSc1ccccc1NC(=O)c1ccc(CN2CCc3ccccc32)cc1. The van der Waals surface area contributed by atoms with E-state index in [1.165, 1.54) is 16.8 Å². The predicted octanol–water partition coefficient (Wildman–Crippen LogP) is 5.22. The number of fused-ring (bicyclic) bond motifs is 1. The Morgan fingerprint density at radius 2 is 1.74 bits per heavy atom. The second-order valence-electron chi connectivity index (χ2n) is 6.65. The van der Waals surface area contributed by atoms with Crippen LogP contribution in [0.15, 0.2) is 77.7 Å². The van der Waals surface area contributed by atoms with Crippen LogP contribution in [0.2, 0.25) is 0 Å². The largest absolute Gasteiger partial charge is 0.367 e. The van der Waals surface area contributed by atoms with Crippen LogP contribution in [-0.2, 0) is 13.0 Å². The maximum Gasteiger partial charge on any atom is 0.255 e. The summed E-state index contributed by atoms with van der Waals surface area (Å²) in [5.41, 5.74) is 5.49. The molecular weight excluding hydrogens is 352 g/mol. The van der Waals surface area contributed by atoms with Crippen LogP contribution >= 0.6 is 11.8 Å². The summed E-state index contributed by atoms with van der Waals surface area (Å²) in [6.45, 7) is 1.92. The summed E-state index contributed by atoms with van der Waals surface area (Å²) in [6, 6.07) is 24.4. The third-order valence-electron chi connectivity index (χ3n) is 4.93. The Kier molecular flexibility index (Phi) is 5.16. The van der Waals surface area contributed by atoms with Crippen molar-refractivity contribution >= 4 is 29.0 Å². The number of thioether (sulfide) groups is 1. The number of nitrogens with zero attached hydrogens (tertiary/aromatic N) is 1. The minimum absolute atomic E-state index is 0.0745. The van der Waals surface area contributed by atoms with Gasteiger partial charge in [0.2, 0.25) is 0 Å². The van der Waals surface area contributed by atoms with Crippen LogP contribution < -0.4 is 10.2 Å². The van der Waals surface area contributed by atoms with Gasteiger partial charge in [-0.15, -0.1) is 11.8 Å². The molecule has 0 saturated carbocycles. The molecule has 4 rings (SSSR count). The lowest BCUT2D eigenvalue weighted by Gasteiger charge is -2.19. The zero-order valence-electron chi connectivity index (χ0n) is 15.3. The molecule has 0 atom stereocenters. The monoisotopic (exact) mass is 374 g/mol. The van der Waals surface area contributed by atoms with Crippen molar-refractivity contribution in [2.24, 2.45) is 0 Å². The molecule has 3 nitrogen and oxygen atoms in total. The smallest absolute Gasteiger partial charge is 0.255 e. The molecule has 0 fully saturated rings. The molecule has 0 spiro atoms. The van der Waals surface area contributed by atoms with E-state index < -0.39 is 0 Å². The van der Waals surface area contributed by atoms with Crippen LogP contribution in [0, 0.1) is 0 Å². The van der Waals surface area contributed by atoms with Crippen molar-refractivity contribution in [2.75, 3.05) is 23.0 Å². The first kappa shape index (κ1) is 17.7. The molecule has 1 aliphatic rings. The lowest BCUT2D eigenvalue weighted by atomic mass is 10.1. The van der Waals surface area contributed by atoms with Crippen LogP contribution in [-0.4, -0.2) is 18.7 Å². The molecule has 3 aromatic carbocycles. The first-order chi connectivity index (χ1) is 13.2. The molecule has 27 heavy (non-hydrogen) atoms. The van der Waals surface area contributed by atoms with E-state index in [9.17, 15) is 4.79 Å². The van der Waals surface area contributed by atoms with Gasteiger partial charge in [0, 0.05) is 29.2 Å². The third kappa shape index (κ3) is 3.86. The first-order valence-corrected chi connectivity index (χ1v) is 10.3. The number of hydrogen-bond donors (Lipinski definition) is 1.